The number of imidazole rings is 1. The summed E-state index contributed by atoms with van der Waals surface area (Å²) < 4.78 is 0. The Kier molecular flexibility index (Phi) is 4.05. The molecular formula is C17H16N4O2. The maximum atomic E-state index is 12.1. The Morgan fingerprint density at radius 1 is 1.04 bits per heavy atom. The SMILES string of the molecule is CC(=O)Nc1ccc(CC(=O)Nc2nc3ccccc3[nH]2)cc1. The highest BCUT2D eigenvalue weighted by atomic mass is 16.2. The van der Waals surface area contributed by atoms with Crippen LogP contribution in [0.15, 0.2) is 48.5 Å². The Morgan fingerprint density at radius 2 is 1.78 bits per heavy atom. The van der Waals surface area contributed by atoms with Crippen molar-refractivity contribution in [3.8, 4) is 0 Å². The smallest absolute Gasteiger partial charge is 0.231 e. The Morgan fingerprint density at radius 3 is 2.48 bits per heavy atom. The number of hydrogen-bond donors (Lipinski definition) is 3. The quantitative estimate of drug-likeness (QED) is 0.692. The van der Waals surface area contributed by atoms with E-state index in [0.29, 0.717) is 11.6 Å². The zero-order valence-electron chi connectivity index (χ0n) is 12.6. The summed E-state index contributed by atoms with van der Waals surface area (Å²) in [6.45, 7) is 1.45. The molecule has 0 atom stereocenters. The zero-order chi connectivity index (χ0) is 16.2. The van der Waals surface area contributed by atoms with Crippen LogP contribution >= 0.6 is 0 Å². The number of aromatic amines is 1. The third-order valence-electron chi connectivity index (χ3n) is 3.29. The summed E-state index contributed by atoms with van der Waals surface area (Å²) in [5, 5.41) is 5.44. The highest BCUT2D eigenvalue weighted by molar-refractivity contribution is 5.92. The molecule has 1 aromatic heterocycles. The maximum absolute atomic E-state index is 12.1. The minimum absolute atomic E-state index is 0.125. The fraction of sp³-hybridized carbons (Fsp3) is 0.118. The van der Waals surface area contributed by atoms with Gasteiger partial charge < -0.3 is 10.3 Å². The van der Waals surface area contributed by atoms with Gasteiger partial charge in [0, 0.05) is 12.6 Å². The molecule has 3 rings (SSSR count). The summed E-state index contributed by atoms with van der Waals surface area (Å²) in [5.74, 6) is 0.155. The van der Waals surface area contributed by atoms with Gasteiger partial charge in [0.1, 0.15) is 0 Å². The number of aromatic nitrogens is 2. The van der Waals surface area contributed by atoms with Crippen molar-refractivity contribution in [2.75, 3.05) is 10.6 Å². The van der Waals surface area contributed by atoms with Crippen LogP contribution in [0.5, 0.6) is 0 Å². The number of fused-ring (bicyclic) bond motifs is 1. The molecule has 23 heavy (non-hydrogen) atoms. The second-order valence-electron chi connectivity index (χ2n) is 5.21. The molecule has 0 radical (unpaired) electrons. The molecule has 1 heterocycles. The molecule has 0 saturated carbocycles. The van der Waals surface area contributed by atoms with E-state index in [1.807, 2.05) is 36.4 Å². The molecule has 6 nitrogen and oxygen atoms in total. The number of anilines is 2. The summed E-state index contributed by atoms with van der Waals surface area (Å²) in [6.07, 6.45) is 0.234. The normalized spacial score (nSPS) is 10.5. The Hall–Kier alpha value is -3.15. The van der Waals surface area contributed by atoms with E-state index in [4.69, 9.17) is 0 Å². The number of H-pyrrole nitrogens is 1. The van der Waals surface area contributed by atoms with Crippen molar-refractivity contribution in [2.24, 2.45) is 0 Å². The largest absolute Gasteiger partial charge is 0.326 e. The minimum atomic E-state index is -0.156. The number of para-hydroxylation sites is 2. The predicted molar refractivity (Wildman–Crippen MR) is 89.2 cm³/mol. The van der Waals surface area contributed by atoms with Gasteiger partial charge in [-0.05, 0) is 29.8 Å². The van der Waals surface area contributed by atoms with Crippen molar-refractivity contribution in [2.45, 2.75) is 13.3 Å². The molecule has 0 aliphatic carbocycles. The van der Waals surface area contributed by atoms with E-state index in [-0.39, 0.29) is 18.2 Å². The van der Waals surface area contributed by atoms with Gasteiger partial charge in [0.15, 0.2) is 0 Å². The van der Waals surface area contributed by atoms with Crippen LogP contribution in [0.1, 0.15) is 12.5 Å². The second kappa shape index (κ2) is 6.31. The van der Waals surface area contributed by atoms with Crippen molar-refractivity contribution < 1.29 is 9.59 Å². The van der Waals surface area contributed by atoms with E-state index in [1.165, 1.54) is 6.92 Å². The van der Waals surface area contributed by atoms with Gasteiger partial charge in [-0.1, -0.05) is 24.3 Å². The molecule has 6 heteroatoms. The number of carbonyl (C=O) groups excluding carboxylic acids is 2. The number of amides is 2. The molecule has 0 saturated heterocycles. The van der Waals surface area contributed by atoms with Crippen LogP contribution in [-0.4, -0.2) is 21.8 Å². The van der Waals surface area contributed by atoms with E-state index in [9.17, 15) is 9.59 Å². The first-order valence-electron chi connectivity index (χ1n) is 7.21. The van der Waals surface area contributed by atoms with E-state index >= 15 is 0 Å². The van der Waals surface area contributed by atoms with Gasteiger partial charge in [0.05, 0.1) is 17.5 Å². The van der Waals surface area contributed by atoms with Crippen LogP contribution in [0.3, 0.4) is 0 Å². The van der Waals surface area contributed by atoms with Crippen LogP contribution in [0.4, 0.5) is 11.6 Å². The van der Waals surface area contributed by atoms with Crippen molar-refractivity contribution in [3.05, 3.63) is 54.1 Å². The molecule has 3 N–H and O–H groups in total. The summed E-state index contributed by atoms with van der Waals surface area (Å²) in [6, 6.07) is 14.7. The van der Waals surface area contributed by atoms with Crippen molar-refractivity contribution in [1.29, 1.82) is 0 Å². The van der Waals surface area contributed by atoms with Gasteiger partial charge in [-0.25, -0.2) is 4.98 Å². The lowest BCUT2D eigenvalue weighted by atomic mass is 10.1. The standard InChI is InChI=1S/C17H16N4O2/c1-11(22)18-13-8-6-12(7-9-13)10-16(23)21-17-19-14-4-2-3-5-15(14)20-17/h2-9H,10H2,1H3,(H,18,22)(H2,19,20,21,23). The molecule has 0 bridgehead atoms. The van der Waals surface area contributed by atoms with Crippen molar-refractivity contribution >= 4 is 34.5 Å². The third kappa shape index (κ3) is 3.74. The monoisotopic (exact) mass is 308 g/mol. The topological polar surface area (TPSA) is 86.9 Å². The molecule has 0 unspecified atom stereocenters. The fourth-order valence-corrected chi connectivity index (χ4v) is 2.28. The molecule has 0 spiro atoms. The van der Waals surface area contributed by atoms with Crippen molar-refractivity contribution in [3.63, 3.8) is 0 Å². The maximum Gasteiger partial charge on any atom is 0.231 e. The summed E-state index contributed by atoms with van der Waals surface area (Å²) in [5.41, 5.74) is 3.25. The predicted octanol–water partition coefficient (Wildman–Crippen LogP) is 2.70. The van der Waals surface area contributed by atoms with E-state index in [1.54, 1.807) is 12.1 Å². The number of benzene rings is 2. The van der Waals surface area contributed by atoms with Crippen LogP contribution in [0.25, 0.3) is 11.0 Å². The lowest BCUT2D eigenvalue weighted by Gasteiger charge is -2.05. The van der Waals surface area contributed by atoms with Crippen LogP contribution in [-0.2, 0) is 16.0 Å². The van der Waals surface area contributed by atoms with Gasteiger partial charge in [-0.2, -0.15) is 0 Å². The lowest BCUT2D eigenvalue weighted by Crippen LogP contribution is -2.15. The molecule has 2 amide bonds. The number of carbonyl (C=O) groups is 2. The van der Waals surface area contributed by atoms with Crippen molar-refractivity contribution in [1.82, 2.24) is 9.97 Å². The molecule has 116 valence electrons. The van der Waals surface area contributed by atoms with Gasteiger partial charge in [-0.3, -0.25) is 14.9 Å². The summed E-state index contributed by atoms with van der Waals surface area (Å²) >= 11 is 0. The average molecular weight is 308 g/mol. The minimum Gasteiger partial charge on any atom is -0.326 e. The van der Waals surface area contributed by atoms with E-state index in [0.717, 1.165) is 16.6 Å². The molecule has 0 aliphatic heterocycles. The lowest BCUT2D eigenvalue weighted by molar-refractivity contribution is -0.116. The second-order valence-corrected chi connectivity index (χ2v) is 5.21. The van der Waals surface area contributed by atoms with Gasteiger partial charge >= 0.3 is 0 Å². The number of nitrogens with zero attached hydrogens (tertiary/aromatic N) is 1. The first-order chi connectivity index (χ1) is 11.1. The van der Waals surface area contributed by atoms with Crippen LogP contribution < -0.4 is 10.6 Å². The van der Waals surface area contributed by atoms with E-state index < -0.39 is 0 Å². The first kappa shape index (κ1) is 14.8. The highest BCUT2D eigenvalue weighted by Crippen LogP contribution is 2.14. The molecular weight excluding hydrogens is 292 g/mol. The Labute approximate surface area is 132 Å². The molecule has 3 aromatic rings. The number of nitrogens with one attached hydrogen (secondary N) is 3. The molecule has 2 aromatic carbocycles. The van der Waals surface area contributed by atoms with Crippen LogP contribution in [0.2, 0.25) is 0 Å². The first-order valence-corrected chi connectivity index (χ1v) is 7.21. The fourth-order valence-electron chi connectivity index (χ4n) is 2.28. The van der Waals surface area contributed by atoms with E-state index in [2.05, 4.69) is 20.6 Å². The highest BCUT2D eigenvalue weighted by Gasteiger charge is 2.08. The summed E-state index contributed by atoms with van der Waals surface area (Å²) in [4.78, 5) is 30.4. The average Bonchev–Trinajstić information content (AvgIpc) is 2.90. The molecule has 0 aliphatic rings. The summed E-state index contributed by atoms with van der Waals surface area (Å²) in [7, 11) is 0. The van der Waals surface area contributed by atoms with Gasteiger partial charge in [0.25, 0.3) is 0 Å². The van der Waals surface area contributed by atoms with Gasteiger partial charge in [0.2, 0.25) is 17.8 Å². The van der Waals surface area contributed by atoms with Crippen LogP contribution in [0, 0.1) is 0 Å². The zero-order valence-corrected chi connectivity index (χ0v) is 12.6. The number of rotatable bonds is 4. The van der Waals surface area contributed by atoms with Gasteiger partial charge in [-0.15, -0.1) is 0 Å². The third-order valence-corrected chi connectivity index (χ3v) is 3.29. The Balaban J connectivity index is 1.63. The number of hydrogen-bond acceptors (Lipinski definition) is 3. The molecule has 0 fully saturated rings. The Bertz CT molecular complexity index is 819.